The van der Waals surface area contributed by atoms with Gasteiger partial charge < -0.3 is 0 Å². The average molecular weight is 246 g/mol. The third kappa shape index (κ3) is 1.57. The summed E-state index contributed by atoms with van der Waals surface area (Å²) in [5, 5.41) is 6.64. The van der Waals surface area contributed by atoms with Crippen LogP contribution in [0.15, 0.2) is 61.1 Å². The molecule has 0 saturated carbocycles. The highest BCUT2D eigenvalue weighted by Gasteiger charge is 2.08. The van der Waals surface area contributed by atoms with Gasteiger partial charge in [-0.3, -0.25) is 4.98 Å². The molecular formula is C15H10N4. The lowest BCUT2D eigenvalue weighted by atomic mass is 10.2. The molecule has 0 bridgehead atoms. The molecule has 0 amide bonds. The van der Waals surface area contributed by atoms with Gasteiger partial charge in [-0.2, -0.15) is 0 Å². The van der Waals surface area contributed by atoms with Crippen molar-refractivity contribution in [2.24, 2.45) is 0 Å². The van der Waals surface area contributed by atoms with Gasteiger partial charge in [0.25, 0.3) is 0 Å². The van der Waals surface area contributed by atoms with Crippen LogP contribution in [0.4, 0.5) is 0 Å². The van der Waals surface area contributed by atoms with Crippen LogP contribution in [0.2, 0.25) is 0 Å². The number of nitrogens with zero attached hydrogens (tertiary/aromatic N) is 4. The topological polar surface area (TPSA) is 43.1 Å². The van der Waals surface area contributed by atoms with Crippen LogP contribution < -0.4 is 0 Å². The van der Waals surface area contributed by atoms with Gasteiger partial charge in [0.05, 0.1) is 0 Å². The van der Waals surface area contributed by atoms with Crippen molar-refractivity contribution in [1.82, 2.24) is 19.6 Å². The van der Waals surface area contributed by atoms with Crippen LogP contribution in [0.1, 0.15) is 0 Å². The molecular weight excluding hydrogens is 236 g/mol. The predicted octanol–water partition coefficient (Wildman–Crippen LogP) is 2.94. The first kappa shape index (κ1) is 10.2. The fourth-order valence-corrected chi connectivity index (χ4v) is 2.21. The minimum Gasteiger partial charge on any atom is -0.264 e. The van der Waals surface area contributed by atoms with Gasteiger partial charge in [-0.15, -0.1) is 5.10 Å². The molecule has 0 spiro atoms. The van der Waals surface area contributed by atoms with Crippen molar-refractivity contribution in [3.05, 3.63) is 61.1 Å². The summed E-state index contributed by atoms with van der Waals surface area (Å²) < 4.78 is 1.80. The van der Waals surface area contributed by atoms with E-state index in [0.717, 1.165) is 27.8 Å². The molecule has 19 heavy (non-hydrogen) atoms. The third-order valence-corrected chi connectivity index (χ3v) is 3.15. The van der Waals surface area contributed by atoms with Crippen LogP contribution in [0.5, 0.6) is 0 Å². The number of fused-ring (bicyclic) bond motifs is 3. The highest BCUT2D eigenvalue weighted by Crippen LogP contribution is 2.21. The zero-order valence-electron chi connectivity index (χ0n) is 10.1. The summed E-state index contributed by atoms with van der Waals surface area (Å²) in [6.07, 6.45) is 5.54. The van der Waals surface area contributed by atoms with Crippen LogP contribution in [0.25, 0.3) is 27.8 Å². The molecule has 0 fully saturated rings. The molecule has 0 aliphatic heterocycles. The van der Waals surface area contributed by atoms with E-state index in [-0.39, 0.29) is 0 Å². The molecule has 4 heteroatoms. The molecule has 3 aromatic heterocycles. The second-order valence-corrected chi connectivity index (χ2v) is 4.35. The molecule has 0 unspecified atom stereocenters. The normalized spacial score (nSPS) is 11.2. The van der Waals surface area contributed by atoms with Gasteiger partial charge >= 0.3 is 0 Å². The first-order valence-electron chi connectivity index (χ1n) is 6.06. The SMILES string of the molecule is c1ccc(-c2nc3c4cnccc4ccn3n2)cc1. The second kappa shape index (κ2) is 3.88. The average Bonchev–Trinajstić information content (AvgIpc) is 2.93. The van der Waals surface area contributed by atoms with Gasteiger partial charge in [-0.1, -0.05) is 30.3 Å². The van der Waals surface area contributed by atoms with Gasteiger partial charge in [0, 0.05) is 29.5 Å². The Morgan fingerprint density at radius 1 is 0.947 bits per heavy atom. The zero-order valence-corrected chi connectivity index (χ0v) is 10.1. The van der Waals surface area contributed by atoms with Crippen LogP contribution >= 0.6 is 0 Å². The lowest BCUT2D eigenvalue weighted by Crippen LogP contribution is -1.88. The molecule has 0 aliphatic rings. The molecule has 90 valence electrons. The Hall–Kier alpha value is -2.75. The maximum Gasteiger partial charge on any atom is 0.182 e. The zero-order chi connectivity index (χ0) is 12.7. The van der Waals surface area contributed by atoms with Crippen molar-refractivity contribution in [2.45, 2.75) is 0 Å². The number of hydrogen-bond donors (Lipinski definition) is 0. The monoisotopic (exact) mass is 246 g/mol. The van der Waals surface area contributed by atoms with E-state index in [0.29, 0.717) is 0 Å². The molecule has 0 N–H and O–H groups in total. The van der Waals surface area contributed by atoms with E-state index < -0.39 is 0 Å². The smallest absolute Gasteiger partial charge is 0.182 e. The molecule has 3 heterocycles. The van der Waals surface area contributed by atoms with E-state index in [1.165, 1.54) is 0 Å². The van der Waals surface area contributed by atoms with Gasteiger partial charge in [-0.25, -0.2) is 9.50 Å². The maximum absolute atomic E-state index is 4.62. The summed E-state index contributed by atoms with van der Waals surface area (Å²) in [7, 11) is 0. The summed E-state index contributed by atoms with van der Waals surface area (Å²) in [5.74, 6) is 0.733. The summed E-state index contributed by atoms with van der Waals surface area (Å²) >= 11 is 0. The van der Waals surface area contributed by atoms with Crippen LogP contribution in [0, 0.1) is 0 Å². The van der Waals surface area contributed by atoms with Gasteiger partial charge in [0.1, 0.15) is 0 Å². The Balaban J connectivity index is 2.04. The Kier molecular flexibility index (Phi) is 2.08. The second-order valence-electron chi connectivity index (χ2n) is 4.35. The van der Waals surface area contributed by atoms with Gasteiger partial charge in [-0.05, 0) is 17.5 Å². The number of hydrogen-bond acceptors (Lipinski definition) is 3. The van der Waals surface area contributed by atoms with E-state index in [2.05, 4.69) is 15.1 Å². The van der Waals surface area contributed by atoms with Crippen molar-refractivity contribution in [2.75, 3.05) is 0 Å². The fraction of sp³-hybridized carbons (Fsp3) is 0. The summed E-state index contributed by atoms with van der Waals surface area (Å²) in [6, 6.07) is 14.0. The van der Waals surface area contributed by atoms with Gasteiger partial charge in [0.2, 0.25) is 0 Å². The van der Waals surface area contributed by atoms with Crippen LogP contribution in [-0.2, 0) is 0 Å². The Labute approximate surface area is 109 Å². The minimum absolute atomic E-state index is 0.733. The molecule has 0 saturated heterocycles. The quantitative estimate of drug-likeness (QED) is 0.518. The standard InChI is InChI=1S/C15H10N4/c1-2-4-12(5-3-1)14-17-15-13-10-16-8-6-11(13)7-9-19(15)18-14/h1-10H. The molecule has 0 aliphatic carbocycles. The highest BCUT2D eigenvalue weighted by atomic mass is 15.3. The van der Waals surface area contributed by atoms with Crippen molar-refractivity contribution in [3.8, 4) is 11.4 Å². The van der Waals surface area contributed by atoms with Crippen molar-refractivity contribution >= 4 is 16.4 Å². The molecule has 4 nitrogen and oxygen atoms in total. The Morgan fingerprint density at radius 2 is 1.84 bits per heavy atom. The molecule has 0 atom stereocenters. The van der Waals surface area contributed by atoms with Crippen molar-refractivity contribution < 1.29 is 0 Å². The van der Waals surface area contributed by atoms with Gasteiger partial charge in [0.15, 0.2) is 11.5 Å². The number of benzene rings is 1. The molecule has 4 rings (SSSR count). The molecule has 0 radical (unpaired) electrons. The largest absolute Gasteiger partial charge is 0.264 e. The fourth-order valence-electron chi connectivity index (χ4n) is 2.21. The molecule has 1 aromatic carbocycles. The number of aromatic nitrogens is 4. The summed E-state index contributed by atoms with van der Waals surface area (Å²) in [6.45, 7) is 0. The minimum atomic E-state index is 0.733. The van der Waals surface area contributed by atoms with E-state index in [9.17, 15) is 0 Å². The van der Waals surface area contributed by atoms with Crippen LogP contribution in [0.3, 0.4) is 0 Å². The van der Waals surface area contributed by atoms with Crippen LogP contribution in [-0.4, -0.2) is 19.6 Å². The lowest BCUT2D eigenvalue weighted by molar-refractivity contribution is 0.971. The summed E-state index contributed by atoms with van der Waals surface area (Å²) in [5.41, 5.74) is 1.85. The van der Waals surface area contributed by atoms with E-state index >= 15 is 0 Å². The highest BCUT2D eigenvalue weighted by molar-refractivity contribution is 5.93. The predicted molar refractivity (Wildman–Crippen MR) is 73.7 cm³/mol. The first-order chi connectivity index (χ1) is 9.42. The Morgan fingerprint density at radius 3 is 2.74 bits per heavy atom. The Bertz CT molecular complexity index is 865. The molecule has 4 aromatic rings. The van der Waals surface area contributed by atoms with E-state index in [1.807, 2.05) is 54.9 Å². The maximum atomic E-state index is 4.62. The van der Waals surface area contributed by atoms with E-state index in [1.54, 1.807) is 10.7 Å². The summed E-state index contributed by atoms with van der Waals surface area (Å²) in [4.78, 5) is 8.79. The third-order valence-electron chi connectivity index (χ3n) is 3.15. The van der Waals surface area contributed by atoms with Crippen molar-refractivity contribution in [3.63, 3.8) is 0 Å². The first-order valence-corrected chi connectivity index (χ1v) is 6.06. The number of pyridine rings is 2. The van der Waals surface area contributed by atoms with E-state index in [4.69, 9.17) is 0 Å². The number of rotatable bonds is 1. The van der Waals surface area contributed by atoms with Crippen molar-refractivity contribution in [1.29, 1.82) is 0 Å². The lowest BCUT2D eigenvalue weighted by Gasteiger charge is -1.96.